The minimum absolute atomic E-state index is 0.197. The van der Waals surface area contributed by atoms with Gasteiger partial charge in [0.2, 0.25) is 0 Å². The van der Waals surface area contributed by atoms with Gasteiger partial charge in [0.25, 0.3) is 0 Å². The zero-order valence-electron chi connectivity index (χ0n) is 10.1. The van der Waals surface area contributed by atoms with E-state index in [1.165, 1.54) is 12.3 Å². The van der Waals surface area contributed by atoms with Gasteiger partial charge in [-0.05, 0) is 31.2 Å². The van der Waals surface area contributed by atoms with Crippen molar-refractivity contribution < 1.29 is 9.53 Å². The maximum atomic E-state index is 11.6. The molecule has 0 aliphatic carbocycles. The van der Waals surface area contributed by atoms with E-state index >= 15 is 0 Å². The average molecular weight is 297 g/mol. The van der Waals surface area contributed by atoms with Crippen LogP contribution in [0.25, 0.3) is 11.4 Å². The number of ether oxygens (including phenoxy) is 1. The van der Waals surface area contributed by atoms with Crippen molar-refractivity contribution in [3.05, 3.63) is 46.2 Å². The summed E-state index contributed by atoms with van der Waals surface area (Å²) in [5.74, 6) is -0.116. The molecule has 6 heteroatoms. The van der Waals surface area contributed by atoms with Gasteiger partial charge in [-0.3, -0.25) is 0 Å². The summed E-state index contributed by atoms with van der Waals surface area (Å²) in [5, 5.41) is 0.959. The molecule has 19 heavy (non-hydrogen) atoms. The SMILES string of the molecule is CCOC(=O)c1ccnc(-c2cc(Cl)cc(Cl)c2)n1. The van der Waals surface area contributed by atoms with Crippen molar-refractivity contribution in [3.8, 4) is 11.4 Å². The molecule has 4 nitrogen and oxygen atoms in total. The highest BCUT2D eigenvalue weighted by Gasteiger charge is 2.11. The molecule has 0 radical (unpaired) electrons. The first kappa shape index (κ1) is 13.8. The van der Waals surface area contributed by atoms with Gasteiger partial charge in [-0.25, -0.2) is 14.8 Å². The van der Waals surface area contributed by atoms with Crippen LogP contribution in [0.15, 0.2) is 30.5 Å². The fourth-order valence-electron chi connectivity index (χ4n) is 1.50. The van der Waals surface area contributed by atoms with Gasteiger partial charge in [-0.15, -0.1) is 0 Å². The topological polar surface area (TPSA) is 52.1 Å². The highest BCUT2D eigenvalue weighted by Crippen LogP contribution is 2.24. The van der Waals surface area contributed by atoms with Crippen LogP contribution in [-0.2, 0) is 4.74 Å². The largest absolute Gasteiger partial charge is 0.461 e. The summed E-state index contributed by atoms with van der Waals surface area (Å²) in [7, 11) is 0. The van der Waals surface area contributed by atoms with Gasteiger partial charge in [-0.2, -0.15) is 0 Å². The third-order valence-corrected chi connectivity index (χ3v) is 2.70. The van der Waals surface area contributed by atoms with Gasteiger partial charge in [-0.1, -0.05) is 23.2 Å². The lowest BCUT2D eigenvalue weighted by molar-refractivity contribution is 0.0519. The number of hydrogen-bond donors (Lipinski definition) is 0. The first-order valence-electron chi connectivity index (χ1n) is 5.57. The Balaban J connectivity index is 2.40. The van der Waals surface area contributed by atoms with Gasteiger partial charge >= 0.3 is 5.97 Å². The molecule has 0 spiro atoms. The lowest BCUT2D eigenvalue weighted by Crippen LogP contribution is -2.08. The highest BCUT2D eigenvalue weighted by atomic mass is 35.5. The van der Waals surface area contributed by atoms with E-state index in [-0.39, 0.29) is 5.69 Å². The van der Waals surface area contributed by atoms with Crippen molar-refractivity contribution in [1.82, 2.24) is 9.97 Å². The third kappa shape index (κ3) is 3.43. The van der Waals surface area contributed by atoms with E-state index in [4.69, 9.17) is 27.9 Å². The van der Waals surface area contributed by atoms with Crippen LogP contribution < -0.4 is 0 Å². The number of aromatic nitrogens is 2. The lowest BCUT2D eigenvalue weighted by atomic mass is 10.2. The van der Waals surface area contributed by atoms with Crippen LogP contribution in [0.2, 0.25) is 10.0 Å². The molecule has 1 aromatic carbocycles. The molecule has 0 saturated heterocycles. The Morgan fingerprint density at radius 1 is 1.26 bits per heavy atom. The first-order chi connectivity index (χ1) is 9.10. The number of halogens is 2. The highest BCUT2D eigenvalue weighted by molar-refractivity contribution is 6.35. The normalized spacial score (nSPS) is 10.3. The Bertz CT molecular complexity index is 597. The second-order valence-electron chi connectivity index (χ2n) is 3.64. The predicted octanol–water partition coefficient (Wildman–Crippen LogP) is 3.63. The summed E-state index contributed by atoms with van der Waals surface area (Å²) in [4.78, 5) is 19.8. The lowest BCUT2D eigenvalue weighted by Gasteiger charge is -2.04. The molecule has 0 atom stereocenters. The number of rotatable bonds is 3. The van der Waals surface area contributed by atoms with Crippen LogP contribution >= 0.6 is 23.2 Å². The Labute approximate surface area is 120 Å². The molecule has 1 heterocycles. The molecular weight excluding hydrogens is 287 g/mol. The van der Waals surface area contributed by atoms with Crippen molar-refractivity contribution in [1.29, 1.82) is 0 Å². The summed E-state index contributed by atoms with van der Waals surface area (Å²) in [5.41, 5.74) is 0.839. The van der Waals surface area contributed by atoms with Crippen molar-refractivity contribution in [2.24, 2.45) is 0 Å². The summed E-state index contributed by atoms with van der Waals surface area (Å²) in [6, 6.07) is 6.46. The molecular formula is C13H10Cl2N2O2. The van der Waals surface area contributed by atoms with Crippen molar-refractivity contribution in [2.45, 2.75) is 6.92 Å². The molecule has 98 valence electrons. The van der Waals surface area contributed by atoms with Crippen molar-refractivity contribution in [3.63, 3.8) is 0 Å². The van der Waals surface area contributed by atoms with Gasteiger partial charge in [0.05, 0.1) is 6.61 Å². The predicted molar refractivity (Wildman–Crippen MR) is 73.4 cm³/mol. The fourth-order valence-corrected chi connectivity index (χ4v) is 2.03. The van der Waals surface area contributed by atoms with Crippen LogP contribution in [0.4, 0.5) is 0 Å². The molecule has 0 saturated carbocycles. The number of hydrogen-bond acceptors (Lipinski definition) is 4. The molecule has 2 aromatic rings. The molecule has 0 aliphatic rings. The minimum Gasteiger partial charge on any atom is -0.461 e. The fraction of sp³-hybridized carbons (Fsp3) is 0.154. The van der Waals surface area contributed by atoms with Crippen LogP contribution in [0.5, 0.6) is 0 Å². The van der Waals surface area contributed by atoms with Gasteiger partial charge in [0, 0.05) is 21.8 Å². The number of nitrogens with zero attached hydrogens (tertiary/aromatic N) is 2. The standard InChI is InChI=1S/C13H10Cl2N2O2/c1-2-19-13(18)11-3-4-16-12(17-11)8-5-9(14)7-10(15)6-8/h3-7H,2H2,1H3. The van der Waals surface area contributed by atoms with Crippen LogP contribution in [0.1, 0.15) is 17.4 Å². The molecule has 2 rings (SSSR count). The van der Waals surface area contributed by atoms with E-state index < -0.39 is 5.97 Å². The molecule has 0 amide bonds. The Kier molecular flexibility index (Phi) is 4.35. The maximum absolute atomic E-state index is 11.6. The smallest absolute Gasteiger partial charge is 0.357 e. The van der Waals surface area contributed by atoms with Crippen molar-refractivity contribution >= 4 is 29.2 Å². The maximum Gasteiger partial charge on any atom is 0.357 e. The molecule has 0 unspecified atom stereocenters. The van der Waals surface area contributed by atoms with Gasteiger partial charge in [0.15, 0.2) is 11.5 Å². The van der Waals surface area contributed by atoms with E-state index in [2.05, 4.69) is 9.97 Å². The monoisotopic (exact) mass is 296 g/mol. The van der Waals surface area contributed by atoms with E-state index in [0.717, 1.165) is 0 Å². The molecule has 0 N–H and O–H groups in total. The Morgan fingerprint density at radius 2 is 1.95 bits per heavy atom. The second kappa shape index (κ2) is 5.99. The van der Waals surface area contributed by atoms with E-state index in [1.54, 1.807) is 25.1 Å². The van der Waals surface area contributed by atoms with Gasteiger partial charge in [0.1, 0.15) is 0 Å². The van der Waals surface area contributed by atoms with Crippen molar-refractivity contribution in [2.75, 3.05) is 6.61 Å². The van der Waals surface area contributed by atoms with E-state index in [9.17, 15) is 4.79 Å². The summed E-state index contributed by atoms with van der Waals surface area (Å²) < 4.78 is 4.88. The van der Waals surface area contributed by atoms with Crippen LogP contribution in [0, 0.1) is 0 Å². The molecule has 0 fully saturated rings. The zero-order chi connectivity index (χ0) is 13.8. The van der Waals surface area contributed by atoms with Crippen LogP contribution in [-0.4, -0.2) is 22.5 Å². The summed E-state index contributed by atoms with van der Waals surface area (Å²) >= 11 is 11.8. The number of carbonyl (C=O) groups excluding carboxylic acids is 1. The summed E-state index contributed by atoms with van der Waals surface area (Å²) in [6.07, 6.45) is 1.49. The number of esters is 1. The quantitative estimate of drug-likeness (QED) is 0.812. The minimum atomic E-state index is -0.487. The number of carbonyl (C=O) groups is 1. The third-order valence-electron chi connectivity index (χ3n) is 2.26. The van der Waals surface area contributed by atoms with Gasteiger partial charge < -0.3 is 4.74 Å². The molecule has 0 aliphatic heterocycles. The summed E-state index contributed by atoms with van der Waals surface area (Å²) in [6.45, 7) is 2.03. The molecule has 0 bridgehead atoms. The van der Waals surface area contributed by atoms with E-state index in [0.29, 0.717) is 28.0 Å². The van der Waals surface area contributed by atoms with E-state index in [1.807, 2.05) is 0 Å². The zero-order valence-corrected chi connectivity index (χ0v) is 11.6. The first-order valence-corrected chi connectivity index (χ1v) is 6.32. The molecule has 1 aromatic heterocycles. The number of benzene rings is 1. The average Bonchev–Trinajstić information content (AvgIpc) is 2.38. The second-order valence-corrected chi connectivity index (χ2v) is 4.52. The van der Waals surface area contributed by atoms with Crippen LogP contribution in [0.3, 0.4) is 0 Å². The Morgan fingerprint density at radius 3 is 2.58 bits per heavy atom. The Hall–Kier alpha value is -1.65.